The minimum absolute atomic E-state index is 0.404. The maximum atomic E-state index is 6.00. The number of hydrogen-bond acceptors (Lipinski definition) is 2. The molecule has 0 heterocycles. The van der Waals surface area contributed by atoms with Crippen LogP contribution in [0.15, 0.2) is 24.3 Å². The molecule has 0 bridgehead atoms. The van der Waals surface area contributed by atoms with Gasteiger partial charge in [-0.25, -0.2) is 0 Å². The number of ether oxygens (including phenoxy) is 1. The molecule has 0 atom stereocenters. The van der Waals surface area contributed by atoms with Crippen LogP contribution in [0, 0.1) is 17.8 Å². The van der Waals surface area contributed by atoms with E-state index in [0.29, 0.717) is 19.3 Å². The zero-order valence-electron chi connectivity index (χ0n) is 11.7. The Morgan fingerprint density at radius 3 is 2.79 bits per heavy atom. The average Bonchev–Trinajstić information content (AvgIpc) is 2.45. The largest absolute Gasteiger partial charge is 0.374 e. The van der Waals surface area contributed by atoms with Crippen LogP contribution in [0.4, 0.5) is 0 Å². The van der Waals surface area contributed by atoms with Crippen molar-refractivity contribution in [2.45, 2.75) is 45.3 Å². The van der Waals surface area contributed by atoms with Gasteiger partial charge >= 0.3 is 0 Å². The van der Waals surface area contributed by atoms with Gasteiger partial charge in [0.2, 0.25) is 0 Å². The number of hydrogen-bond donors (Lipinski definition) is 1. The van der Waals surface area contributed by atoms with Crippen LogP contribution < -0.4 is 5.73 Å². The molecule has 2 rings (SSSR count). The van der Waals surface area contributed by atoms with Gasteiger partial charge in [-0.1, -0.05) is 30.9 Å². The minimum Gasteiger partial charge on any atom is -0.374 e. The van der Waals surface area contributed by atoms with Gasteiger partial charge in [-0.15, -0.1) is 0 Å². The molecule has 0 saturated heterocycles. The third kappa shape index (κ3) is 4.70. The van der Waals surface area contributed by atoms with Crippen molar-refractivity contribution in [3.8, 4) is 11.8 Å². The highest BCUT2D eigenvalue weighted by Gasteiger charge is 2.18. The van der Waals surface area contributed by atoms with Crippen molar-refractivity contribution in [1.29, 1.82) is 0 Å². The van der Waals surface area contributed by atoms with E-state index in [-0.39, 0.29) is 0 Å². The van der Waals surface area contributed by atoms with Gasteiger partial charge in [0.25, 0.3) is 0 Å². The quantitative estimate of drug-likeness (QED) is 0.845. The molecule has 1 aliphatic rings. The molecule has 2 heteroatoms. The smallest absolute Gasteiger partial charge is 0.0721 e. The summed E-state index contributed by atoms with van der Waals surface area (Å²) in [5.41, 5.74) is 7.60. The molecule has 0 radical (unpaired) electrons. The van der Waals surface area contributed by atoms with Gasteiger partial charge in [0.05, 0.1) is 19.3 Å². The van der Waals surface area contributed by atoms with Crippen molar-refractivity contribution in [1.82, 2.24) is 0 Å². The highest BCUT2D eigenvalue weighted by molar-refractivity contribution is 5.37. The zero-order chi connectivity index (χ0) is 13.5. The molecule has 1 aromatic rings. The monoisotopic (exact) mass is 257 g/mol. The second-order valence-corrected chi connectivity index (χ2v) is 5.40. The maximum absolute atomic E-state index is 6.00. The van der Waals surface area contributed by atoms with E-state index in [0.717, 1.165) is 11.5 Å². The lowest BCUT2D eigenvalue weighted by Gasteiger charge is -2.26. The van der Waals surface area contributed by atoms with E-state index in [1.54, 1.807) is 0 Å². The van der Waals surface area contributed by atoms with Crippen molar-refractivity contribution in [2.24, 2.45) is 11.7 Å². The topological polar surface area (TPSA) is 35.2 Å². The van der Waals surface area contributed by atoms with Gasteiger partial charge in [0.15, 0.2) is 0 Å². The summed E-state index contributed by atoms with van der Waals surface area (Å²) >= 11 is 0. The molecule has 1 fully saturated rings. The van der Waals surface area contributed by atoms with E-state index in [9.17, 15) is 0 Å². The second kappa shape index (κ2) is 7.33. The molecular weight excluding hydrogens is 234 g/mol. The van der Waals surface area contributed by atoms with E-state index in [1.165, 1.54) is 31.2 Å². The predicted octanol–water partition coefficient (Wildman–Crippen LogP) is 3.09. The molecule has 0 aliphatic heterocycles. The van der Waals surface area contributed by atoms with E-state index in [2.05, 4.69) is 30.9 Å². The Kier molecular flexibility index (Phi) is 5.44. The minimum atomic E-state index is 0.404. The SMILES string of the molecule is CC1CCC(OCc2cccc(C#CCN)c2)CC1. The third-order valence-corrected chi connectivity index (χ3v) is 3.71. The lowest BCUT2D eigenvalue weighted by Crippen LogP contribution is -2.20. The Morgan fingerprint density at radius 2 is 2.05 bits per heavy atom. The number of benzene rings is 1. The predicted molar refractivity (Wildman–Crippen MR) is 78.6 cm³/mol. The first-order valence-corrected chi connectivity index (χ1v) is 7.17. The van der Waals surface area contributed by atoms with Crippen LogP contribution >= 0.6 is 0 Å². The van der Waals surface area contributed by atoms with Crippen molar-refractivity contribution in [3.05, 3.63) is 35.4 Å². The van der Waals surface area contributed by atoms with Gasteiger partial charge < -0.3 is 10.5 Å². The Hall–Kier alpha value is -1.30. The molecule has 1 aromatic carbocycles. The lowest BCUT2D eigenvalue weighted by molar-refractivity contribution is 0.00877. The molecular formula is C17H23NO. The van der Waals surface area contributed by atoms with Gasteiger partial charge in [-0.3, -0.25) is 0 Å². The first kappa shape index (κ1) is 14.1. The molecule has 0 spiro atoms. The fraction of sp³-hybridized carbons (Fsp3) is 0.529. The van der Waals surface area contributed by atoms with Crippen LogP contribution in [-0.4, -0.2) is 12.6 Å². The summed E-state index contributed by atoms with van der Waals surface area (Å²) in [6.07, 6.45) is 5.44. The van der Waals surface area contributed by atoms with E-state index in [4.69, 9.17) is 10.5 Å². The summed E-state index contributed by atoms with van der Waals surface area (Å²) in [7, 11) is 0. The van der Waals surface area contributed by atoms with Crippen molar-refractivity contribution in [3.63, 3.8) is 0 Å². The van der Waals surface area contributed by atoms with Crippen molar-refractivity contribution < 1.29 is 4.74 Å². The highest BCUT2D eigenvalue weighted by atomic mass is 16.5. The Balaban J connectivity index is 1.85. The van der Waals surface area contributed by atoms with Crippen LogP contribution in [0.5, 0.6) is 0 Å². The standard InChI is InChI=1S/C17H23NO/c1-14-7-9-17(10-8-14)19-13-16-5-2-4-15(12-16)6-3-11-18/h2,4-5,12,14,17H,7-11,13,18H2,1H3. The summed E-state index contributed by atoms with van der Waals surface area (Å²) in [5.74, 6) is 6.81. The van der Waals surface area contributed by atoms with Crippen LogP contribution in [0.25, 0.3) is 0 Å². The molecule has 2 nitrogen and oxygen atoms in total. The molecule has 1 aliphatic carbocycles. The van der Waals surface area contributed by atoms with Crippen molar-refractivity contribution in [2.75, 3.05) is 6.54 Å². The van der Waals surface area contributed by atoms with Crippen LogP contribution in [0.2, 0.25) is 0 Å². The lowest BCUT2D eigenvalue weighted by atomic mass is 9.89. The van der Waals surface area contributed by atoms with Gasteiger partial charge in [0, 0.05) is 5.56 Å². The normalized spacial score (nSPS) is 22.6. The van der Waals surface area contributed by atoms with E-state index < -0.39 is 0 Å². The third-order valence-electron chi connectivity index (χ3n) is 3.71. The molecule has 0 unspecified atom stereocenters. The molecule has 0 amide bonds. The number of nitrogens with two attached hydrogens (primary N) is 1. The summed E-state index contributed by atoms with van der Waals surface area (Å²) in [6.45, 7) is 3.42. The first-order valence-electron chi connectivity index (χ1n) is 7.17. The highest BCUT2D eigenvalue weighted by Crippen LogP contribution is 2.26. The van der Waals surface area contributed by atoms with Crippen LogP contribution in [0.3, 0.4) is 0 Å². The van der Waals surface area contributed by atoms with Gasteiger partial charge in [-0.2, -0.15) is 0 Å². The van der Waals surface area contributed by atoms with Crippen molar-refractivity contribution >= 4 is 0 Å². The molecule has 2 N–H and O–H groups in total. The maximum Gasteiger partial charge on any atom is 0.0721 e. The van der Waals surface area contributed by atoms with Crippen LogP contribution in [0.1, 0.15) is 43.7 Å². The average molecular weight is 257 g/mol. The Bertz CT molecular complexity index is 450. The second-order valence-electron chi connectivity index (χ2n) is 5.40. The molecule has 102 valence electrons. The fourth-order valence-corrected chi connectivity index (χ4v) is 2.50. The molecule has 19 heavy (non-hydrogen) atoms. The summed E-state index contributed by atoms with van der Waals surface area (Å²) in [4.78, 5) is 0. The molecule has 0 aromatic heterocycles. The van der Waals surface area contributed by atoms with Gasteiger partial charge in [-0.05, 0) is 49.3 Å². The summed E-state index contributed by atoms with van der Waals surface area (Å²) in [5, 5.41) is 0. The fourth-order valence-electron chi connectivity index (χ4n) is 2.50. The summed E-state index contributed by atoms with van der Waals surface area (Å²) in [6, 6.07) is 8.23. The summed E-state index contributed by atoms with van der Waals surface area (Å²) < 4.78 is 6.00. The first-order chi connectivity index (χ1) is 9.28. The molecule has 1 saturated carbocycles. The van der Waals surface area contributed by atoms with Gasteiger partial charge in [0.1, 0.15) is 0 Å². The number of rotatable bonds is 3. The zero-order valence-corrected chi connectivity index (χ0v) is 11.7. The van der Waals surface area contributed by atoms with Crippen LogP contribution in [-0.2, 0) is 11.3 Å². The Morgan fingerprint density at radius 1 is 1.26 bits per heavy atom. The van der Waals surface area contributed by atoms with E-state index in [1.807, 2.05) is 12.1 Å². The van der Waals surface area contributed by atoms with E-state index >= 15 is 0 Å². The Labute approximate surface area is 116 Å².